The van der Waals surface area contributed by atoms with E-state index in [0.717, 1.165) is 12.0 Å². The molecule has 0 aliphatic heterocycles. The van der Waals surface area contributed by atoms with E-state index in [1.807, 2.05) is 0 Å². The molecule has 0 unspecified atom stereocenters. The Hall–Kier alpha value is -1.03. The van der Waals surface area contributed by atoms with E-state index in [-0.39, 0.29) is 6.61 Å². The number of ether oxygens (including phenoxy) is 1. The van der Waals surface area contributed by atoms with Crippen molar-refractivity contribution in [2.75, 3.05) is 0 Å². The van der Waals surface area contributed by atoms with Gasteiger partial charge >= 0.3 is 0 Å². The molecule has 1 aromatic heterocycles. The van der Waals surface area contributed by atoms with Gasteiger partial charge in [-0.2, -0.15) is 0 Å². The van der Waals surface area contributed by atoms with Crippen LogP contribution in [-0.2, 0) is 19.6 Å². The maximum absolute atomic E-state index is 9.25. The minimum absolute atomic E-state index is 0.0689. The van der Waals surface area contributed by atoms with Gasteiger partial charge in [-0.15, -0.1) is 11.3 Å². The zero-order valence-corrected chi connectivity index (χ0v) is 11.7. The topological polar surface area (TPSA) is 29.5 Å². The fraction of sp³-hybridized carbons (Fsp3) is 0.286. The van der Waals surface area contributed by atoms with E-state index < -0.39 is 0 Å². The lowest BCUT2D eigenvalue weighted by Gasteiger charge is -2.09. The van der Waals surface area contributed by atoms with Gasteiger partial charge in [-0.3, -0.25) is 0 Å². The van der Waals surface area contributed by atoms with E-state index in [0.29, 0.717) is 17.4 Å². The van der Waals surface area contributed by atoms with Crippen LogP contribution in [0.15, 0.2) is 30.3 Å². The second kappa shape index (κ2) is 6.23. The van der Waals surface area contributed by atoms with Crippen LogP contribution in [0.3, 0.4) is 0 Å². The van der Waals surface area contributed by atoms with Crippen molar-refractivity contribution in [1.82, 2.24) is 0 Å². The summed E-state index contributed by atoms with van der Waals surface area (Å²) in [6.07, 6.45) is 1.05. The normalized spacial score (nSPS) is 10.6. The second-order valence-corrected chi connectivity index (χ2v) is 5.61. The third kappa shape index (κ3) is 3.25. The second-order valence-electron chi connectivity index (χ2n) is 3.92. The van der Waals surface area contributed by atoms with Crippen LogP contribution in [0.25, 0.3) is 0 Å². The van der Waals surface area contributed by atoms with Crippen molar-refractivity contribution in [3.63, 3.8) is 0 Å². The van der Waals surface area contributed by atoms with Gasteiger partial charge in [0.05, 0.1) is 6.61 Å². The van der Waals surface area contributed by atoms with Crippen LogP contribution in [0.5, 0.6) is 5.75 Å². The van der Waals surface area contributed by atoms with Crippen LogP contribution in [0.2, 0.25) is 5.02 Å². The Morgan fingerprint density at radius 1 is 1.22 bits per heavy atom. The number of rotatable bonds is 5. The summed E-state index contributed by atoms with van der Waals surface area (Å²) in [4.78, 5) is 2.54. The van der Waals surface area contributed by atoms with Crippen LogP contribution in [0, 0.1) is 0 Å². The standard InChI is InChI=1S/C14H15ClO2S/c1-2-12-4-5-13(18-12)9-17-14-6-3-11(15)7-10(14)8-16/h3-7,16H,2,8-9H2,1H3. The van der Waals surface area contributed by atoms with Gasteiger partial charge in [0.15, 0.2) is 0 Å². The Morgan fingerprint density at radius 2 is 2.00 bits per heavy atom. The summed E-state index contributed by atoms with van der Waals surface area (Å²) in [5.74, 6) is 0.688. The maximum atomic E-state index is 9.25. The summed E-state index contributed by atoms with van der Waals surface area (Å²) >= 11 is 7.63. The predicted molar refractivity (Wildman–Crippen MR) is 75.4 cm³/mol. The van der Waals surface area contributed by atoms with Crippen molar-refractivity contribution in [3.05, 3.63) is 50.7 Å². The Morgan fingerprint density at radius 3 is 2.67 bits per heavy atom. The molecule has 0 atom stereocenters. The summed E-state index contributed by atoms with van der Waals surface area (Å²) in [7, 11) is 0. The highest BCUT2D eigenvalue weighted by molar-refractivity contribution is 7.11. The molecule has 2 nitrogen and oxygen atoms in total. The first-order chi connectivity index (χ1) is 8.72. The zero-order chi connectivity index (χ0) is 13.0. The highest BCUT2D eigenvalue weighted by Crippen LogP contribution is 2.25. The highest BCUT2D eigenvalue weighted by Gasteiger charge is 2.05. The Kier molecular flexibility index (Phi) is 4.64. The van der Waals surface area contributed by atoms with Crippen molar-refractivity contribution in [3.8, 4) is 5.75 Å². The van der Waals surface area contributed by atoms with Gasteiger partial charge in [0.25, 0.3) is 0 Å². The number of halogens is 1. The van der Waals surface area contributed by atoms with Gasteiger partial charge in [-0.25, -0.2) is 0 Å². The number of hydrogen-bond acceptors (Lipinski definition) is 3. The van der Waals surface area contributed by atoms with Crippen LogP contribution in [-0.4, -0.2) is 5.11 Å². The van der Waals surface area contributed by atoms with E-state index in [1.54, 1.807) is 29.5 Å². The number of thiophene rings is 1. The molecule has 0 aliphatic rings. The van der Waals surface area contributed by atoms with E-state index in [9.17, 15) is 5.11 Å². The van der Waals surface area contributed by atoms with Gasteiger partial charge in [0, 0.05) is 20.3 Å². The molecule has 0 bridgehead atoms. The zero-order valence-electron chi connectivity index (χ0n) is 10.1. The monoisotopic (exact) mass is 282 g/mol. The number of aliphatic hydroxyl groups excluding tert-OH is 1. The first-order valence-electron chi connectivity index (χ1n) is 5.82. The minimum atomic E-state index is -0.0689. The largest absolute Gasteiger partial charge is 0.488 e. The molecule has 96 valence electrons. The van der Waals surface area contributed by atoms with E-state index >= 15 is 0 Å². The molecule has 2 rings (SSSR count). The Balaban J connectivity index is 2.05. The summed E-state index contributed by atoms with van der Waals surface area (Å²) in [6.45, 7) is 2.60. The molecule has 0 saturated heterocycles. The van der Waals surface area contributed by atoms with Gasteiger partial charge < -0.3 is 9.84 Å². The predicted octanol–water partition coefficient (Wildman–Crippen LogP) is 4.04. The smallest absolute Gasteiger partial charge is 0.125 e. The lowest BCUT2D eigenvalue weighted by Crippen LogP contribution is -1.97. The molecular formula is C14H15ClO2S. The van der Waals surface area contributed by atoms with E-state index in [1.165, 1.54) is 9.75 Å². The van der Waals surface area contributed by atoms with Gasteiger partial charge in [0.2, 0.25) is 0 Å². The first kappa shape index (κ1) is 13.4. The minimum Gasteiger partial charge on any atom is -0.488 e. The summed E-state index contributed by atoms with van der Waals surface area (Å²) in [5, 5.41) is 9.85. The molecule has 0 spiro atoms. The maximum Gasteiger partial charge on any atom is 0.125 e. The molecule has 0 fully saturated rings. The number of benzene rings is 1. The van der Waals surface area contributed by atoms with Crippen molar-refractivity contribution in [2.24, 2.45) is 0 Å². The number of aliphatic hydroxyl groups is 1. The molecular weight excluding hydrogens is 268 g/mol. The fourth-order valence-electron chi connectivity index (χ4n) is 1.65. The Labute approximate surface area is 116 Å². The van der Waals surface area contributed by atoms with Crippen molar-refractivity contribution < 1.29 is 9.84 Å². The summed E-state index contributed by atoms with van der Waals surface area (Å²) < 4.78 is 5.72. The van der Waals surface area contributed by atoms with Crippen LogP contribution < -0.4 is 4.74 Å². The summed E-state index contributed by atoms with van der Waals surface area (Å²) in [5.41, 5.74) is 0.717. The van der Waals surface area contributed by atoms with Gasteiger partial charge in [-0.05, 0) is 36.8 Å². The van der Waals surface area contributed by atoms with Crippen molar-refractivity contribution >= 4 is 22.9 Å². The molecule has 1 aromatic carbocycles. The number of aryl methyl sites for hydroxylation is 1. The average molecular weight is 283 g/mol. The molecule has 1 heterocycles. The molecule has 18 heavy (non-hydrogen) atoms. The molecule has 0 amide bonds. The highest BCUT2D eigenvalue weighted by atomic mass is 35.5. The van der Waals surface area contributed by atoms with Crippen LogP contribution in [0.4, 0.5) is 0 Å². The molecule has 0 aliphatic carbocycles. The fourth-order valence-corrected chi connectivity index (χ4v) is 2.72. The molecule has 4 heteroatoms. The Bertz CT molecular complexity index is 522. The number of hydrogen-bond donors (Lipinski definition) is 1. The van der Waals surface area contributed by atoms with E-state index in [4.69, 9.17) is 16.3 Å². The van der Waals surface area contributed by atoms with Gasteiger partial charge in [-0.1, -0.05) is 18.5 Å². The third-order valence-corrected chi connectivity index (χ3v) is 4.07. The first-order valence-corrected chi connectivity index (χ1v) is 7.02. The van der Waals surface area contributed by atoms with Crippen molar-refractivity contribution in [2.45, 2.75) is 26.6 Å². The molecule has 1 N–H and O–H groups in total. The molecule has 2 aromatic rings. The van der Waals surface area contributed by atoms with Crippen molar-refractivity contribution in [1.29, 1.82) is 0 Å². The van der Waals surface area contributed by atoms with Gasteiger partial charge in [0.1, 0.15) is 12.4 Å². The summed E-state index contributed by atoms with van der Waals surface area (Å²) in [6, 6.07) is 9.49. The molecule has 0 saturated carbocycles. The molecule has 0 radical (unpaired) electrons. The van der Waals surface area contributed by atoms with E-state index in [2.05, 4.69) is 19.1 Å². The van der Waals surface area contributed by atoms with Crippen LogP contribution >= 0.6 is 22.9 Å². The lowest BCUT2D eigenvalue weighted by molar-refractivity contribution is 0.260. The quantitative estimate of drug-likeness (QED) is 0.897. The average Bonchev–Trinajstić information content (AvgIpc) is 2.85. The third-order valence-electron chi connectivity index (χ3n) is 2.63. The lowest BCUT2D eigenvalue weighted by atomic mass is 10.2. The SMILES string of the molecule is CCc1ccc(COc2ccc(Cl)cc2CO)s1. The van der Waals surface area contributed by atoms with Crippen LogP contribution in [0.1, 0.15) is 22.2 Å².